The third kappa shape index (κ3) is 10.8. The lowest BCUT2D eigenvalue weighted by Gasteiger charge is -2.25. The summed E-state index contributed by atoms with van der Waals surface area (Å²) in [5.74, 6) is -2.72. The molecule has 0 saturated heterocycles. The SMILES string of the molecule is CCCCC(CC)C(=O)Oc1c2c(c(OC(=O)C(CC)CCCC)c3c1SC(=C1C(=O)N(CCCC)C(=O)N=C1OCC)S3)SC(=C1C(=O)N(CCCC)C(=O)N=C1OCC)S2. The van der Waals surface area contributed by atoms with Crippen LogP contribution < -0.4 is 9.47 Å². The Morgan fingerprint density at radius 3 is 1.16 bits per heavy atom. The molecule has 2 atom stereocenters. The Morgan fingerprint density at radius 2 is 0.871 bits per heavy atom. The summed E-state index contributed by atoms with van der Waals surface area (Å²) >= 11 is 4.59. The van der Waals surface area contributed by atoms with E-state index in [1.807, 2.05) is 27.7 Å². The molecule has 338 valence electrons. The number of amides is 6. The van der Waals surface area contributed by atoms with Crippen LogP contribution in [0.5, 0.6) is 11.5 Å². The molecule has 0 saturated carbocycles. The average molecular weight is 931 g/mol. The second-order valence-corrected chi connectivity index (χ2v) is 19.5. The minimum Gasteiger partial charge on any atom is -0.477 e. The summed E-state index contributed by atoms with van der Waals surface area (Å²) in [5, 5.41) is 0. The van der Waals surface area contributed by atoms with E-state index < -0.39 is 47.7 Å². The number of carbonyl (C=O) groups excluding carboxylic acids is 6. The van der Waals surface area contributed by atoms with Gasteiger partial charge in [-0.15, -0.1) is 0 Å². The highest BCUT2D eigenvalue weighted by molar-refractivity contribution is 8.26. The average Bonchev–Trinajstić information content (AvgIpc) is 3.88. The van der Waals surface area contributed by atoms with Crippen LogP contribution in [-0.4, -0.2) is 83.7 Å². The summed E-state index contributed by atoms with van der Waals surface area (Å²) in [6.07, 6.45) is 8.38. The first kappa shape index (κ1) is 49.3. The summed E-state index contributed by atoms with van der Waals surface area (Å²) in [6, 6.07) is -1.42. The number of aliphatic imine (C=N–C) groups is 2. The van der Waals surface area contributed by atoms with Crippen molar-refractivity contribution >= 4 is 94.7 Å². The first-order valence-electron chi connectivity index (χ1n) is 21.9. The molecule has 4 heterocycles. The van der Waals surface area contributed by atoms with Gasteiger partial charge in [0.05, 0.1) is 53.1 Å². The van der Waals surface area contributed by atoms with Crippen LogP contribution in [0.1, 0.15) is 132 Å². The second kappa shape index (κ2) is 23.3. The third-order valence-corrected chi connectivity index (χ3v) is 15.7. The monoisotopic (exact) mass is 930 g/mol. The summed E-state index contributed by atoms with van der Waals surface area (Å²) < 4.78 is 25.4. The van der Waals surface area contributed by atoms with Crippen molar-refractivity contribution in [1.82, 2.24) is 9.80 Å². The molecule has 6 amide bonds. The standard InChI is InChI=1S/C44H58N4O10S4/c1-9-17-21-25(13-5)39(51)57-29-31-33(61-41(59-31)27-35(55-15-7)45-43(53)47(37(27)49)23-19-11-3)30(58-40(52)26(14-6)22-18-10-2)34-32(29)60-42(62-34)28-36(56-16-8)46-44(54)48(38(28)50)24-20-12-4/h25-26H,9-24H2,1-8H3. The Bertz CT molecular complexity index is 1880. The number of esters is 2. The van der Waals surface area contributed by atoms with Gasteiger partial charge in [-0.1, -0.05) is 127 Å². The lowest BCUT2D eigenvalue weighted by molar-refractivity contribution is -0.141. The van der Waals surface area contributed by atoms with Crippen molar-refractivity contribution in [2.24, 2.45) is 21.8 Å². The lowest BCUT2D eigenvalue weighted by atomic mass is 10.00. The maximum atomic E-state index is 14.3. The summed E-state index contributed by atoms with van der Waals surface area (Å²) in [7, 11) is 0. The molecule has 2 unspecified atom stereocenters. The van der Waals surface area contributed by atoms with Crippen LogP contribution in [0.2, 0.25) is 0 Å². The van der Waals surface area contributed by atoms with Gasteiger partial charge in [0.15, 0.2) is 11.5 Å². The lowest BCUT2D eigenvalue weighted by Crippen LogP contribution is -2.43. The van der Waals surface area contributed by atoms with Crippen molar-refractivity contribution in [3.8, 4) is 11.5 Å². The quantitative estimate of drug-likeness (QED) is 0.0687. The van der Waals surface area contributed by atoms with Crippen LogP contribution in [0.25, 0.3) is 0 Å². The molecule has 0 fully saturated rings. The molecule has 0 spiro atoms. The molecule has 5 rings (SSSR count). The van der Waals surface area contributed by atoms with Gasteiger partial charge in [0.25, 0.3) is 11.8 Å². The molecule has 4 aliphatic rings. The number of fused-ring (bicyclic) bond motifs is 2. The van der Waals surface area contributed by atoms with Gasteiger partial charge >= 0.3 is 24.0 Å². The normalized spacial score (nSPS) is 17.3. The number of benzene rings is 1. The van der Waals surface area contributed by atoms with E-state index in [0.29, 0.717) is 66.6 Å². The summed E-state index contributed by atoms with van der Waals surface area (Å²) in [4.78, 5) is 95.6. The number of carbonyl (C=O) groups is 6. The van der Waals surface area contributed by atoms with Gasteiger partial charge in [-0.2, -0.15) is 9.98 Å². The Labute approximate surface area is 381 Å². The Balaban J connectivity index is 1.78. The van der Waals surface area contributed by atoms with Crippen molar-refractivity contribution < 1.29 is 47.7 Å². The number of urea groups is 2. The van der Waals surface area contributed by atoms with E-state index in [9.17, 15) is 28.8 Å². The number of unbranched alkanes of at least 4 members (excludes halogenated alkanes) is 4. The van der Waals surface area contributed by atoms with Gasteiger partial charge in [-0.3, -0.25) is 29.0 Å². The number of hydrogen-bond acceptors (Lipinski definition) is 14. The molecule has 0 aliphatic carbocycles. The molecule has 62 heavy (non-hydrogen) atoms. The largest absolute Gasteiger partial charge is 0.477 e. The van der Waals surface area contributed by atoms with E-state index in [4.69, 9.17) is 18.9 Å². The summed E-state index contributed by atoms with van der Waals surface area (Å²) in [5.41, 5.74) is 0.162. The van der Waals surface area contributed by atoms with E-state index in [0.717, 1.165) is 95.4 Å². The summed E-state index contributed by atoms with van der Waals surface area (Å²) in [6.45, 7) is 16.0. The van der Waals surface area contributed by atoms with Crippen molar-refractivity contribution in [2.75, 3.05) is 26.3 Å². The third-order valence-electron chi connectivity index (χ3n) is 10.5. The molecular formula is C44H58N4O10S4. The Hall–Kier alpha value is -3.74. The number of thioether (sulfide) groups is 4. The molecular weight excluding hydrogens is 873 g/mol. The highest BCUT2D eigenvalue weighted by Crippen LogP contribution is 2.69. The molecule has 0 radical (unpaired) electrons. The van der Waals surface area contributed by atoms with Gasteiger partial charge in [-0.05, 0) is 52.4 Å². The fraction of sp³-hybridized carbons (Fsp3) is 0.591. The van der Waals surface area contributed by atoms with Crippen molar-refractivity contribution in [3.63, 3.8) is 0 Å². The van der Waals surface area contributed by atoms with Crippen LogP contribution in [0.4, 0.5) is 9.59 Å². The van der Waals surface area contributed by atoms with Gasteiger partial charge < -0.3 is 18.9 Å². The molecule has 14 nitrogen and oxygen atoms in total. The first-order valence-corrected chi connectivity index (χ1v) is 25.2. The van der Waals surface area contributed by atoms with E-state index >= 15 is 0 Å². The number of hydrogen-bond donors (Lipinski definition) is 0. The zero-order valence-corrected chi connectivity index (χ0v) is 40.2. The predicted octanol–water partition coefficient (Wildman–Crippen LogP) is 11.1. The second-order valence-electron chi connectivity index (χ2n) is 14.9. The fourth-order valence-corrected chi connectivity index (χ4v) is 12.4. The van der Waals surface area contributed by atoms with Gasteiger partial charge in [0, 0.05) is 13.1 Å². The highest BCUT2D eigenvalue weighted by atomic mass is 32.2. The molecule has 18 heteroatoms. The van der Waals surface area contributed by atoms with Gasteiger partial charge in [-0.25, -0.2) is 9.59 Å². The number of ether oxygens (including phenoxy) is 4. The van der Waals surface area contributed by atoms with Gasteiger partial charge in [0.1, 0.15) is 11.1 Å². The van der Waals surface area contributed by atoms with E-state index in [2.05, 4.69) is 23.8 Å². The number of imide groups is 2. The minimum absolute atomic E-state index is 0.0811. The molecule has 0 N–H and O–H groups in total. The maximum absolute atomic E-state index is 14.3. The number of nitrogens with zero attached hydrogens (tertiary/aromatic N) is 4. The van der Waals surface area contributed by atoms with Gasteiger partial charge in [0.2, 0.25) is 11.8 Å². The highest BCUT2D eigenvalue weighted by Gasteiger charge is 2.46. The Morgan fingerprint density at radius 1 is 0.532 bits per heavy atom. The zero-order chi connectivity index (χ0) is 45.1. The van der Waals surface area contributed by atoms with E-state index in [1.165, 1.54) is 0 Å². The molecule has 0 bridgehead atoms. The Kier molecular flexibility index (Phi) is 18.5. The predicted molar refractivity (Wildman–Crippen MR) is 244 cm³/mol. The molecule has 1 aromatic rings. The zero-order valence-electron chi connectivity index (χ0n) is 37.0. The molecule has 1 aromatic carbocycles. The minimum atomic E-state index is -0.712. The molecule has 4 aliphatic heterocycles. The van der Waals surface area contributed by atoms with E-state index in [-0.39, 0.29) is 60.7 Å². The van der Waals surface area contributed by atoms with Crippen LogP contribution in [0.3, 0.4) is 0 Å². The smallest absolute Gasteiger partial charge is 0.353 e. The van der Waals surface area contributed by atoms with E-state index in [1.54, 1.807) is 13.8 Å². The molecule has 0 aromatic heterocycles. The topological polar surface area (TPSA) is 171 Å². The van der Waals surface area contributed by atoms with Crippen LogP contribution >= 0.6 is 47.0 Å². The van der Waals surface area contributed by atoms with Crippen LogP contribution in [0, 0.1) is 11.8 Å². The first-order chi connectivity index (χ1) is 29.9. The van der Waals surface area contributed by atoms with Crippen molar-refractivity contribution in [2.45, 2.75) is 152 Å². The fourth-order valence-electron chi connectivity index (χ4n) is 6.93. The maximum Gasteiger partial charge on any atom is 0.353 e. The van der Waals surface area contributed by atoms with Crippen LogP contribution in [-0.2, 0) is 28.7 Å². The van der Waals surface area contributed by atoms with Crippen LogP contribution in [0.15, 0.2) is 49.2 Å². The van der Waals surface area contributed by atoms with Crippen molar-refractivity contribution in [3.05, 3.63) is 19.6 Å². The van der Waals surface area contributed by atoms with Crippen molar-refractivity contribution in [1.29, 1.82) is 0 Å². The number of rotatable bonds is 20.